The normalized spacial score (nSPS) is 20.7. The van der Waals surface area contributed by atoms with Crippen molar-refractivity contribution < 1.29 is 13.2 Å². The average molecular weight is 365 g/mol. The number of nitrogens with one attached hydrogen (secondary N) is 1. The molecule has 0 unspecified atom stereocenters. The molecule has 7 heteroatoms. The van der Waals surface area contributed by atoms with Crippen molar-refractivity contribution in [3.63, 3.8) is 0 Å². The summed E-state index contributed by atoms with van der Waals surface area (Å²) in [4.78, 5) is 14.2. The van der Waals surface area contributed by atoms with E-state index in [0.717, 1.165) is 19.3 Å². The zero-order valence-electron chi connectivity index (χ0n) is 15.0. The molecule has 0 bridgehead atoms. The topological polar surface area (TPSA) is 69.7 Å². The van der Waals surface area contributed by atoms with E-state index in [1.807, 2.05) is 24.0 Å². The summed E-state index contributed by atoms with van der Waals surface area (Å²) in [6, 6.07) is 5.35. The molecule has 1 saturated heterocycles. The monoisotopic (exact) mass is 365 g/mol. The number of aryl methyl sites for hydroxylation is 2. The molecule has 0 aromatic heterocycles. The highest BCUT2D eigenvalue weighted by molar-refractivity contribution is 7.89. The van der Waals surface area contributed by atoms with Gasteiger partial charge in [0, 0.05) is 33.2 Å². The Hall–Kier alpha value is -1.44. The molecule has 0 spiro atoms. The Kier molecular flexibility index (Phi) is 5.46. The molecule has 1 fully saturated rings. The minimum atomic E-state index is -3.46. The van der Waals surface area contributed by atoms with Gasteiger partial charge in [-0.05, 0) is 55.9 Å². The quantitative estimate of drug-likeness (QED) is 0.864. The largest absolute Gasteiger partial charge is 0.358 e. The highest BCUT2D eigenvalue weighted by Crippen LogP contribution is 2.26. The minimum absolute atomic E-state index is 0.0361. The van der Waals surface area contributed by atoms with Gasteiger partial charge in [-0.25, -0.2) is 8.42 Å². The van der Waals surface area contributed by atoms with E-state index in [1.54, 1.807) is 17.4 Å². The highest BCUT2D eigenvalue weighted by atomic mass is 32.2. The lowest BCUT2D eigenvalue weighted by molar-refractivity contribution is -0.125. The van der Waals surface area contributed by atoms with E-state index in [0.29, 0.717) is 31.1 Å². The Bertz CT molecular complexity index is 740. The van der Waals surface area contributed by atoms with E-state index in [4.69, 9.17) is 0 Å². The van der Waals surface area contributed by atoms with E-state index in [1.165, 1.54) is 17.5 Å². The summed E-state index contributed by atoms with van der Waals surface area (Å²) < 4.78 is 27.5. The number of rotatable bonds is 4. The number of carbonyl (C=O) groups excluding carboxylic acids is 1. The molecule has 0 radical (unpaired) electrons. The van der Waals surface area contributed by atoms with E-state index in [2.05, 4.69) is 5.32 Å². The van der Waals surface area contributed by atoms with Crippen LogP contribution in [0.5, 0.6) is 0 Å². The summed E-state index contributed by atoms with van der Waals surface area (Å²) >= 11 is 0. The zero-order chi connectivity index (χ0) is 18.0. The number of hydrogen-bond acceptors (Lipinski definition) is 4. The second-order valence-electron chi connectivity index (χ2n) is 6.87. The molecule has 1 aliphatic heterocycles. The van der Waals surface area contributed by atoms with E-state index in [9.17, 15) is 13.2 Å². The van der Waals surface area contributed by atoms with Crippen LogP contribution >= 0.6 is 0 Å². The van der Waals surface area contributed by atoms with Crippen molar-refractivity contribution in [3.8, 4) is 0 Å². The van der Waals surface area contributed by atoms with Gasteiger partial charge < -0.3 is 5.32 Å². The van der Waals surface area contributed by atoms with Crippen LogP contribution in [0, 0.1) is 0 Å². The molecule has 1 N–H and O–H groups in total. The van der Waals surface area contributed by atoms with Gasteiger partial charge in [-0.15, -0.1) is 0 Å². The summed E-state index contributed by atoms with van der Waals surface area (Å²) in [5, 5.41) is 2.65. The maximum Gasteiger partial charge on any atom is 0.243 e. The van der Waals surface area contributed by atoms with Crippen molar-refractivity contribution in [2.45, 2.75) is 43.5 Å². The van der Waals surface area contributed by atoms with Crippen LogP contribution in [0.2, 0.25) is 0 Å². The van der Waals surface area contributed by atoms with Crippen molar-refractivity contribution in [3.05, 3.63) is 29.3 Å². The fourth-order valence-corrected chi connectivity index (χ4v) is 5.20. The van der Waals surface area contributed by atoms with Crippen LogP contribution < -0.4 is 5.32 Å². The third-order valence-corrected chi connectivity index (χ3v) is 7.30. The third-order valence-electron chi connectivity index (χ3n) is 5.40. The smallest absolute Gasteiger partial charge is 0.243 e. The van der Waals surface area contributed by atoms with Gasteiger partial charge in [0.25, 0.3) is 0 Å². The number of nitrogens with zero attached hydrogens (tertiary/aromatic N) is 2. The van der Waals surface area contributed by atoms with Crippen LogP contribution in [0.15, 0.2) is 23.1 Å². The highest BCUT2D eigenvalue weighted by Gasteiger charge is 2.31. The lowest BCUT2D eigenvalue weighted by Gasteiger charge is -2.36. The van der Waals surface area contributed by atoms with Crippen LogP contribution in [0.3, 0.4) is 0 Å². The van der Waals surface area contributed by atoms with Gasteiger partial charge in [-0.2, -0.15) is 4.31 Å². The van der Waals surface area contributed by atoms with Crippen LogP contribution in [0.25, 0.3) is 0 Å². The third kappa shape index (κ3) is 3.73. The standard InChI is InChI=1S/C18H27N3O3S/c1-14(18(22)19-2)20-9-11-21(12-10-20)25(23,24)17-8-7-15-5-3-4-6-16(15)13-17/h7-8,13-14H,3-6,9-12H2,1-2H3,(H,19,22)/t14-/m1/s1. The number of piperazine rings is 1. The Morgan fingerprint density at radius 2 is 1.72 bits per heavy atom. The molecule has 0 saturated carbocycles. The molecular weight excluding hydrogens is 338 g/mol. The van der Waals surface area contributed by atoms with Crippen molar-refractivity contribution in [1.29, 1.82) is 0 Å². The summed E-state index contributed by atoms with van der Waals surface area (Å²) in [6.07, 6.45) is 4.33. The number of sulfonamides is 1. The van der Waals surface area contributed by atoms with Gasteiger partial charge in [0.15, 0.2) is 0 Å². The number of likely N-dealkylation sites (N-methyl/N-ethyl adjacent to an activating group) is 1. The summed E-state index contributed by atoms with van der Waals surface area (Å²) in [5.41, 5.74) is 2.47. The molecule has 25 heavy (non-hydrogen) atoms. The molecule has 6 nitrogen and oxygen atoms in total. The first-order chi connectivity index (χ1) is 11.9. The second-order valence-corrected chi connectivity index (χ2v) is 8.81. The first kappa shape index (κ1) is 18.4. The molecule has 1 aromatic rings. The van der Waals surface area contributed by atoms with Crippen LogP contribution in [0.1, 0.15) is 30.9 Å². The fraction of sp³-hybridized carbons (Fsp3) is 0.611. The number of carbonyl (C=O) groups is 1. The number of benzene rings is 1. The zero-order valence-corrected chi connectivity index (χ0v) is 15.8. The molecular formula is C18H27N3O3S. The van der Waals surface area contributed by atoms with Crippen molar-refractivity contribution in [2.75, 3.05) is 33.2 Å². The second kappa shape index (κ2) is 7.43. The molecule has 1 aromatic carbocycles. The number of amides is 1. The Labute approximate surface area is 150 Å². The molecule has 1 atom stereocenters. The van der Waals surface area contributed by atoms with Crippen molar-refractivity contribution >= 4 is 15.9 Å². The molecule has 1 heterocycles. The molecule has 3 rings (SSSR count). The molecule has 138 valence electrons. The first-order valence-electron chi connectivity index (χ1n) is 9.01. The lowest BCUT2D eigenvalue weighted by Crippen LogP contribution is -2.54. The van der Waals surface area contributed by atoms with E-state index < -0.39 is 10.0 Å². The van der Waals surface area contributed by atoms with Gasteiger partial charge in [-0.3, -0.25) is 9.69 Å². The predicted molar refractivity (Wildman–Crippen MR) is 96.9 cm³/mol. The SMILES string of the molecule is CNC(=O)[C@@H](C)N1CCN(S(=O)(=O)c2ccc3c(c2)CCCC3)CC1. The Balaban J connectivity index is 1.71. The number of fused-ring (bicyclic) bond motifs is 1. The Morgan fingerprint density at radius 3 is 2.36 bits per heavy atom. The summed E-state index contributed by atoms with van der Waals surface area (Å²) in [6.45, 7) is 3.82. The molecule has 2 aliphatic rings. The van der Waals surface area contributed by atoms with Gasteiger partial charge in [-0.1, -0.05) is 6.07 Å². The summed E-state index contributed by atoms with van der Waals surface area (Å²) in [7, 11) is -1.84. The molecule has 1 aliphatic carbocycles. The van der Waals surface area contributed by atoms with Gasteiger partial charge in [0.05, 0.1) is 10.9 Å². The summed E-state index contributed by atoms with van der Waals surface area (Å²) in [5.74, 6) is -0.0361. The van der Waals surface area contributed by atoms with Gasteiger partial charge >= 0.3 is 0 Å². The van der Waals surface area contributed by atoms with Crippen LogP contribution in [0.4, 0.5) is 0 Å². The van der Waals surface area contributed by atoms with Crippen molar-refractivity contribution in [2.24, 2.45) is 0 Å². The van der Waals surface area contributed by atoms with E-state index >= 15 is 0 Å². The maximum atomic E-state index is 13.0. The van der Waals surface area contributed by atoms with Crippen LogP contribution in [-0.4, -0.2) is 62.8 Å². The van der Waals surface area contributed by atoms with Crippen molar-refractivity contribution in [1.82, 2.24) is 14.5 Å². The average Bonchev–Trinajstić information content (AvgIpc) is 2.66. The minimum Gasteiger partial charge on any atom is -0.358 e. The fourth-order valence-electron chi connectivity index (χ4n) is 3.73. The predicted octanol–water partition coefficient (Wildman–Crippen LogP) is 1.01. The van der Waals surface area contributed by atoms with Gasteiger partial charge in [0.1, 0.15) is 0 Å². The first-order valence-corrected chi connectivity index (χ1v) is 10.4. The van der Waals surface area contributed by atoms with Gasteiger partial charge in [0.2, 0.25) is 15.9 Å². The lowest BCUT2D eigenvalue weighted by atomic mass is 9.92. The maximum absolute atomic E-state index is 13.0. The number of hydrogen-bond donors (Lipinski definition) is 1. The van der Waals surface area contributed by atoms with E-state index in [-0.39, 0.29) is 11.9 Å². The Morgan fingerprint density at radius 1 is 1.08 bits per heavy atom. The van der Waals surface area contributed by atoms with Crippen LogP contribution in [-0.2, 0) is 27.7 Å². The molecule has 1 amide bonds.